The highest BCUT2D eigenvalue weighted by Gasteiger charge is 2.31. The van der Waals surface area contributed by atoms with E-state index in [1.807, 2.05) is 4.90 Å². The zero-order chi connectivity index (χ0) is 22.8. The molecular weight excluding hydrogens is 445 g/mol. The average Bonchev–Trinajstić information content (AvgIpc) is 3.21. The van der Waals surface area contributed by atoms with Crippen LogP contribution in [0.2, 0.25) is 0 Å². The molecule has 1 aromatic heterocycles. The summed E-state index contributed by atoms with van der Waals surface area (Å²) < 4.78 is 18.0. The number of benzene rings is 1. The second-order valence-corrected chi connectivity index (χ2v) is 9.94. The number of nitrogens with zero attached hydrogens (tertiary/aromatic N) is 4. The summed E-state index contributed by atoms with van der Waals surface area (Å²) in [5.74, 6) is 6.37. The van der Waals surface area contributed by atoms with Crippen molar-refractivity contribution < 1.29 is 18.8 Å². The van der Waals surface area contributed by atoms with Gasteiger partial charge >= 0.3 is 0 Å². The van der Waals surface area contributed by atoms with Crippen molar-refractivity contribution in [2.75, 3.05) is 46.1 Å². The van der Waals surface area contributed by atoms with E-state index in [-0.39, 0.29) is 5.91 Å². The van der Waals surface area contributed by atoms with Crippen molar-refractivity contribution in [2.45, 2.75) is 38.3 Å². The lowest BCUT2D eigenvalue weighted by molar-refractivity contribution is -0.135. The highest BCUT2D eigenvalue weighted by molar-refractivity contribution is 7.15. The van der Waals surface area contributed by atoms with Gasteiger partial charge in [-0.3, -0.25) is 14.6 Å². The Balaban J connectivity index is 1.23. The van der Waals surface area contributed by atoms with Crippen LogP contribution in [0.4, 0.5) is 4.39 Å². The number of aromatic nitrogens is 1. The van der Waals surface area contributed by atoms with Crippen LogP contribution in [0, 0.1) is 0 Å². The molecule has 178 valence electrons. The molecule has 8 nitrogen and oxygen atoms in total. The van der Waals surface area contributed by atoms with Crippen LogP contribution in [0.15, 0.2) is 18.2 Å². The van der Waals surface area contributed by atoms with E-state index in [4.69, 9.17) is 20.5 Å². The molecule has 33 heavy (non-hydrogen) atoms. The van der Waals surface area contributed by atoms with Gasteiger partial charge in [-0.05, 0) is 25.0 Å². The number of hydrogen-bond donors (Lipinski definition) is 1. The van der Waals surface area contributed by atoms with E-state index in [9.17, 15) is 9.18 Å². The fraction of sp³-hybridized carbons (Fsp3) is 0.565. The van der Waals surface area contributed by atoms with E-state index >= 15 is 0 Å². The van der Waals surface area contributed by atoms with Gasteiger partial charge in [0.15, 0.2) is 5.75 Å². The second-order valence-electron chi connectivity index (χ2n) is 8.85. The van der Waals surface area contributed by atoms with E-state index in [1.165, 1.54) is 30.6 Å². The van der Waals surface area contributed by atoms with Gasteiger partial charge < -0.3 is 14.5 Å². The Morgan fingerprint density at radius 3 is 2.67 bits per heavy atom. The van der Waals surface area contributed by atoms with Gasteiger partial charge in [-0.25, -0.2) is 9.37 Å². The topological polar surface area (TPSA) is 84.2 Å². The number of hydrogen-bond acceptors (Lipinski definition) is 8. The fourth-order valence-electron chi connectivity index (χ4n) is 4.87. The van der Waals surface area contributed by atoms with Crippen molar-refractivity contribution in [3.8, 4) is 22.1 Å². The maximum absolute atomic E-state index is 12.9. The first-order valence-corrected chi connectivity index (χ1v) is 12.4. The largest absolute Gasteiger partial charge is 0.462 e. The summed E-state index contributed by atoms with van der Waals surface area (Å²) in [6.07, 6.45) is 4.73. The van der Waals surface area contributed by atoms with Crippen molar-refractivity contribution in [2.24, 2.45) is 5.90 Å². The quantitative estimate of drug-likeness (QED) is 0.616. The first-order chi connectivity index (χ1) is 16.2. The van der Waals surface area contributed by atoms with Gasteiger partial charge in [0.05, 0.1) is 17.8 Å². The lowest BCUT2D eigenvalue weighted by Gasteiger charge is -2.43. The number of rotatable bonds is 7. The van der Waals surface area contributed by atoms with Gasteiger partial charge in [-0.1, -0.05) is 12.5 Å². The summed E-state index contributed by atoms with van der Waals surface area (Å²) in [6, 6.07) is 5.82. The summed E-state index contributed by atoms with van der Waals surface area (Å²) in [5.41, 5.74) is 1.56. The summed E-state index contributed by atoms with van der Waals surface area (Å²) >= 11 is 1.51. The van der Waals surface area contributed by atoms with Crippen LogP contribution in [0.5, 0.6) is 11.5 Å². The minimum absolute atomic E-state index is 0.206. The molecular formula is C23H30FN5O3S. The first-order valence-electron chi connectivity index (χ1n) is 11.6. The summed E-state index contributed by atoms with van der Waals surface area (Å²) in [5, 5.41) is 0.685. The molecule has 0 unspecified atom stereocenters. The van der Waals surface area contributed by atoms with Crippen LogP contribution in [0.25, 0.3) is 10.6 Å². The molecule has 2 aliphatic heterocycles. The third-order valence-electron chi connectivity index (χ3n) is 6.97. The van der Waals surface area contributed by atoms with Gasteiger partial charge in [-0.2, -0.15) is 5.90 Å². The zero-order valence-corrected chi connectivity index (χ0v) is 19.5. The van der Waals surface area contributed by atoms with E-state index in [1.54, 1.807) is 18.2 Å². The standard InChI is InChI=1S/C23H30FN5O3S/c24-15-31-18-5-2-6-19(32-25)22(18)23-26-17-7-8-27(13-20(17)33-23)14-21(30)29-11-9-28(10-12-29)16-3-1-4-16/h2,5-6,16H,1,3-4,7-15,25H2. The number of alkyl halides is 1. The van der Waals surface area contributed by atoms with Crippen LogP contribution in [-0.4, -0.2) is 77.8 Å². The van der Waals surface area contributed by atoms with Crippen LogP contribution in [0.3, 0.4) is 0 Å². The maximum atomic E-state index is 12.9. The Hall–Kier alpha value is -2.27. The second kappa shape index (κ2) is 9.92. The van der Waals surface area contributed by atoms with Crippen LogP contribution in [-0.2, 0) is 17.8 Å². The van der Waals surface area contributed by atoms with Crippen LogP contribution in [0.1, 0.15) is 29.8 Å². The third-order valence-corrected chi connectivity index (χ3v) is 8.07. The van der Waals surface area contributed by atoms with E-state index < -0.39 is 6.86 Å². The van der Waals surface area contributed by atoms with Crippen molar-refractivity contribution in [1.29, 1.82) is 0 Å². The predicted molar refractivity (Wildman–Crippen MR) is 124 cm³/mol. The Morgan fingerprint density at radius 2 is 1.97 bits per heavy atom. The molecule has 1 saturated carbocycles. The summed E-state index contributed by atoms with van der Waals surface area (Å²) in [6.45, 7) is 4.57. The molecule has 1 aromatic carbocycles. The van der Waals surface area contributed by atoms with Crippen molar-refractivity contribution in [1.82, 2.24) is 19.7 Å². The number of nitrogens with two attached hydrogens (primary N) is 1. The van der Waals surface area contributed by atoms with Crippen molar-refractivity contribution >= 4 is 17.2 Å². The molecule has 0 atom stereocenters. The highest BCUT2D eigenvalue weighted by atomic mass is 32.1. The molecule has 1 saturated heterocycles. The predicted octanol–water partition coefficient (Wildman–Crippen LogP) is 2.42. The maximum Gasteiger partial charge on any atom is 0.236 e. The molecule has 3 aliphatic rings. The SMILES string of the molecule is NOc1cccc(OCF)c1-c1nc2c(s1)CN(CC(=O)N1CCN(C3CCC3)CC1)CC2. The molecule has 2 aromatic rings. The minimum Gasteiger partial charge on any atom is -0.462 e. The van der Waals surface area contributed by atoms with E-state index in [0.717, 1.165) is 55.8 Å². The summed E-state index contributed by atoms with van der Waals surface area (Å²) in [7, 11) is 0. The Morgan fingerprint density at radius 1 is 1.18 bits per heavy atom. The van der Waals surface area contributed by atoms with Crippen molar-refractivity contribution in [3.05, 3.63) is 28.8 Å². The fourth-order valence-corrected chi connectivity index (χ4v) is 6.07. The average molecular weight is 476 g/mol. The number of thiazole rings is 1. The lowest BCUT2D eigenvalue weighted by Crippen LogP contribution is -2.55. The van der Waals surface area contributed by atoms with Crippen molar-refractivity contribution in [3.63, 3.8) is 0 Å². The number of piperazine rings is 1. The molecule has 1 amide bonds. The number of carbonyl (C=O) groups is 1. The van der Waals surface area contributed by atoms with Crippen LogP contribution < -0.4 is 15.5 Å². The molecule has 10 heteroatoms. The molecule has 0 radical (unpaired) electrons. The van der Waals surface area contributed by atoms with E-state index in [2.05, 4.69) is 9.80 Å². The van der Waals surface area contributed by atoms with Gasteiger partial charge in [-0.15, -0.1) is 11.3 Å². The minimum atomic E-state index is -0.948. The number of ether oxygens (including phenoxy) is 1. The van der Waals surface area contributed by atoms with Crippen LogP contribution >= 0.6 is 11.3 Å². The Bertz CT molecular complexity index is 990. The lowest BCUT2D eigenvalue weighted by atomic mass is 9.91. The number of carbonyl (C=O) groups excluding carboxylic acids is 1. The Labute approximate surface area is 197 Å². The molecule has 0 bridgehead atoms. The number of amides is 1. The first kappa shape index (κ1) is 22.5. The Kier molecular flexibility index (Phi) is 6.77. The van der Waals surface area contributed by atoms with Gasteiger partial charge in [0.25, 0.3) is 0 Å². The smallest absolute Gasteiger partial charge is 0.236 e. The molecule has 1 aliphatic carbocycles. The highest BCUT2D eigenvalue weighted by Crippen LogP contribution is 2.42. The number of halogens is 1. The normalized spacial score (nSPS) is 19.8. The molecule has 0 spiro atoms. The van der Waals surface area contributed by atoms with Gasteiger partial charge in [0, 0.05) is 56.6 Å². The van der Waals surface area contributed by atoms with E-state index in [0.29, 0.717) is 35.2 Å². The zero-order valence-electron chi connectivity index (χ0n) is 18.7. The number of fused-ring (bicyclic) bond motifs is 1. The monoisotopic (exact) mass is 475 g/mol. The third kappa shape index (κ3) is 4.70. The summed E-state index contributed by atoms with van der Waals surface area (Å²) in [4.78, 5) is 30.6. The molecule has 5 rings (SSSR count). The van der Waals surface area contributed by atoms with Gasteiger partial charge in [0.2, 0.25) is 12.8 Å². The molecule has 2 fully saturated rings. The molecule has 3 heterocycles. The van der Waals surface area contributed by atoms with Gasteiger partial charge in [0.1, 0.15) is 10.8 Å². The molecule has 2 N–H and O–H groups in total.